The SMILES string of the molecule is Cc1[nH]ncc1CC(N)C(C)C. The fraction of sp³-hybridized carbons (Fsp3) is 0.667. The van der Waals surface area contributed by atoms with E-state index in [1.54, 1.807) is 0 Å². The maximum absolute atomic E-state index is 5.93. The summed E-state index contributed by atoms with van der Waals surface area (Å²) in [5.74, 6) is 0.527. The Morgan fingerprint density at radius 3 is 2.67 bits per heavy atom. The molecule has 1 heterocycles. The van der Waals surface area contributed by atoms with Crippen LogP contribution in [-0.2, 0) is 6.42 Å². The number of hydrogen-bond donors (Lipinski definition) is 2. The van der Waals surface area contributed by atoms with Crippen LogP contribution in [0.15, 0.2) is 6.20 Å². The summed E-state index contributed by atoms with van der Waals surface area (Å²) in [6.45, 7) is 6.30. The van der Waals surface area contributed by atoms with E-state index in [0.717, 1.165) is 12.1 Å². The van der Waals surface area contributed by atoms with Crippen molar-refractivity contribution in [1.82, 2.24) is 10.2 Å². The van der Waals surface area contributed by atoms with Crippen LogP contribution >= 0.6 is 0 Å². The maximum atomic E-state index is 5.93. The van der Waals surface area contributed by atoms with Gasteiger partial charge in [-0.25, -0.2) is 0 Å². The second kappa shape index (κ2) is 3.72. The van der Waals surface area contributed by atoms with Crippen molar-refractivity contribution in [1.29, 1.82) is 0 Å². The molecule has 1 aromatic rings. The highest BCUT2D eigenvalue weighted by molar-refractivity contribution is 5.15. The summed E-state index contributed by atoms with van der Waals surface area (Å²) in [6.07, 6.45) is 2.78. The van der Waals surface area contributed by atoms with Gasteiger partial charge in [0.2, 0.25) is 0 Å². The first-order valence-corrected chi connectivity index (χ1v) is 4.35. The molecule has 0 amide bonds. The first-order valence-electron chi connectivity index (χ1n) is 4.35. The first kappa shape index (κ1) is 9.26. The van der Waals surface area contributed by atoms with E-state index in [4.69, 9.17) is 5.73 Å². The highest BCUT2D eigenvalue weighted by atomic mass is 15.1. The lowest BCUT2D eigenvalue weighted by Gasteiger charge is -2.14. The van der Waals surface area contributed by atoms with E-state index >= 15 is 0 Å². The summed E-state index contributed by atoms with van der Waals surface area (Å²) in [5.41, 5.74) is 8.30. The number of nitrogens with one attached hydrogen (secondary N) is 1. The van der Waals surface area contributed by atoms with Crippen molar-refractivity contribution >= 4 is 0 Å². The number of aromatic nitrogens is 2. The predicted octanol–water partition coefficient (Wildman–Crippen LogP) is 1.24. The van der Waals surface area contributed by atoms with Gasteiger partial charge in [-0.1, -0.05) is 13.8 Å². The lowest BCUT2D eigenvalue weighted by molar-refractivity contribution is 0.490. The quantitative estimate of drug-likeness (QED) is 0.711. The minimum atomic E-state index is 0.237. The highest BCUT2D eigenvalue weighted by Crippen LogP contribution is 2.09. The van der Waals surface area contributed by atoms with Gasteiger partial charge in [-0.05, 0) is 24.8 Å². The molecular weight excluding hydrogens is 150 g/mol. The van der Waals surface area contributed by atoms with Gasteiger partial charge < -0.3 is 5.73 Å². The van der Waals surface area contributed by atoms with Crippen LogP contribution in [0, 0.1) is 12.8 Å². The molecule has 0 aliphatic heterocycles. The van der Waals surface area contributed by atoms with Gasteiger partial charge in [0.1, 0.15) is 0 Å². The summed E-state index contributed by atoms with van der Waals surface area (Å²) in [4.78, 5) is 0. The Labute approximate surface area is 73.4 Å². The second-order valence-electron chi connectivity index (χ2n) is 3.63. The fourth-order valence-electron chi connectivity index (χ4n) is 1.07. The normalized spacial score (nSPS) is 13.8. The average molecular weight is 167 g/mol. The monoisotopic (exact) mass is 167 g/mol. The Bertz CT molecular complexity index is 240. The number of hydrogen-bond acceptors (Lipinski definition) is 2. The van der Waals surface area contributed by atoms with Gasteiger partial charge in [0.25, 0.3) is 0 Å². The average Bonchev–Trinajstić information content (AvgIpc) is 2.36. The third-order valence-electron chi connectivity index (χ3n) is 2.25. The van der Waals surface area contributed by atoms with E-state index < -0.39 is 0 Å². The van der Waals surface area contributed by atoms with Crippen molar-refractivity contribution in [3.63, 3.8) is 0 Å². The Morgan fingerprint density at radius 1 is 1.58 bits per heavy atom. The maximum Gasteiger partial charge on any atom is 0.0522 e. The van der Waals surface area contributed by atoms with Gasteiger partial charge in [-0.2, -0.15) is 5.10 Å². The Morgan fingerprint density at radius 2 is 2.25 bits per heavy atom. The van der Waals surface area contributed by atoms with Crippen molar-refractivity contribution in [2.75, 3.05) is 0 Å². The van der Waals surface area contributed by atoms with Gasteiger partial charge in [0.05, 0.1) is 6.20 Å². The zero-order valence-corrected chi connectivity index (χ0v) is 7.96. The first-order chi connectivity index (χ1) is 5.61. The fourth-order valence-corrected chi connectivity index (χ4v) is 1.07. The van der Waals surface area contributed by atoms with Crippen LogP contribution in [0.4, 0.5) is 0 Å². The van der Waals surface area contributed by atoms with Crippen molar-refractivity contribution < 1.29 is 0 Å². The standard InChI is InChI=1S/C9H17N3/c1-6(2)9(10)4-8-5-11-12-7(8)3/h5-6,9H,4,10H2,1-3H3,(H,11,12). The molecule has 3 nitrogen and oxygen atoms in total. The Balaban J connectivity index is 2.58. The van der Waals surface area contributed by atoms with Crippen LogP contribution in [0.5, 0.6) is 0 Å². The summed E-state index contributed by atoms with van der Waals surface area (Å²) in [6, 6.07) is 0.237. The van der Waals surface area contributed by atoms with Crippen molar-refractivity contribution in [2.45, 2.75) is 33.2 Å². The van der Waals surface area contributed by atoms with E-state index in [9.17, 15) is 0 Å². The second-order valence-corrected chi connectivity index (χ2v) is 3.63. The third kappa shape index (κ3) is 2.08. The van der Waals surface area contributed by atoms with E-state index in [2.05, 4.69) is 24.0 Å². The largest absolute Gasteiger partial charge is 0.327 e. The van der Waals surface area contributed by atoms with E-state index in [0.29, 0.717) is 5.92 Å². The van der Waals surface area contributed by atoms with Crippen molar-refractivity contribution in [2.24, 2.45) is 11.7 Å². The molecule has 12 heavy (non-hydrogen) atoms. The summed E-state index contributed by atoms with van der Waals surface area (Å²) in [7, 11) is 0. The smallest absolute Gasteiger partial charge is 0.0522 e. The van der Waals surface area contributed by atoms with Gasteiger partial charge in [-0.15, -0.1) is 0 Å². The molecule has 1 rings (SSSR count). The number of aromatic amines is 1. The molecule has 0 saturated carbocycles. The summed E-state index contributed by atoms with van der Waals surface area (Å²) < 4.78 is 0. The zero-order valence-electron chi connectivity index (χ0n) is 7.96. The van der Waals surface area contributed by atoms with Crippen LogP contribution < -0.4 is 5.73 Å². The lowest BCUT2D eigenvalue weighted by Crippen LogP contribution is -2.28. The van der Waals surface area contributed by atoms with Crippen LogP contribution in [0.3, 0.4) is 0 Å². The molecule has 3 heteroatoms. The molecule has 1 unspecified atom stereocenters. The number of nitrogens with zero attached hydrogens (tertiary/aromatic N) is 1. The van der Waals surface area contributed by atoms with Gasteiger partial charge >= 0.3 is 0 Å². The Hall–Kier alpha value is -0.830. The molecule has 0 bridgehead atoms. The topological polar surface area (TPSA) is 54.7 Å². The molecule has 0 saturated heterocycles. The molecule has 0 radical (unpaired) electrons. The molecule has 0 aromatic carbocycles. The summed E-state index contributed by atoms with van der Waals surface area (Å²) in [5, 5.41) is 6.86. The number of rotatable bonds is 3. The molecule has 0 fully saturated rings. The lowest BCUT2D eigenvalue weighted by atomic mass is 9.98. The van der Waals surface area contributed by atoms with Crippen molar-refractivity contribution in [3.05, 3.63) is 17.5 Å². The number of H-pyrrole nitrogens is 1. The molecule has 0 spiro atoms. The van der Waals surface area contributed by atoms with Crippen LogP contribution in [-0.4, -0.2) is 16.2 Å². The van der Waals surface area contributed by atoms with E-state index in [1.807, 2.05) is 13.1 Å². The number of aryl methyl sites for hydroxylation is 1. The molecule has 68 valence electrons. The molecular formula is C9H17N3. The zero-order chi connectivity index (χ0) is 9.14. The molecule has 1 aromatic heterocycles. The molecule has 0 aliphatic rings. The highest BCUT2D eigenvalue weighted by Gasteiger charge is 2.10. The van der Waals surface area contributed by atoms with Crippen molar-refractivity contribution in [3.8, 4) is 0 Å². The van der Waals surface area contributed by atoms with Gasteiger partial charge in [0.15, 0.2) is 0 Å². The predicted molar refractivity (Wildman–Crippen MR) is 49.8 cm³/mol. The van der Waals surface area contributed by atoms with Crippen LogP contribution in [0.1, 0.15) is 25.1 Å². The number of nitrogens with two attached hydrogens (primary N) is 1. The van der Waals surface area contributed by atoms with Gasteiger partial charge in [-0.3, -0.25) is 5.10 Å². The van der Waals surface area contributed by atoms with Gasteiger partial charge in [0, 0.05) is 11.7 Å². The molecule has 3 N–H and O–H groups in total. The minimum absolute atomic E-state index is 0.237. The molecule has 0 aliphatic carbocycles. The van der Waals surface area contributed by atoms with E-state index in [1.165, 1.54) is 5.56 Å². The third-order valence-corrected chi connectivity index (χ3v) is 2.25. The molecule has 1 atom stereocenters. The van der Waals surface area contributed by atoms with E-state index in [-0.39, 0.29) is 6.04 Å². The van der Waals surface area contributed by atoms with Crippen LogP contribution in [0.2, 0.25) is 0 Å². The Kier molecular flexibility index (Phi) is 2.87. The van der Waals surface area contributed by atoms with Crippen LogP contribution in [0.25, 0.3) is 0 Å². The minimum Gasteiger partial charge on any atom is -0.327 e. The summed E-state index contributed by atoms with van der Waals surface area (Å²) >= 11 is 0.